The fourth-order valence-electron chi connectivity index (χ4n) is 3.40. The lowest BCUT2D eigenvalue weighted by Gasteiger charge is -2.15. The van der Waals surface area contributed by atoms with Gasteiger partial charge in [0.25, 0.3) is 0 Å². The zero-order valence-corrected chi connectivity index (χ0v) is 9.41. The molecule has 2 bridgehead atoms. The highest BCUT2D eigenvalue weighted by Crippen LogP contribution is 2.45. The van der Waals surface area contributed by atoms with Crippen LogP contribution in [-0.2, 0) is 0 Å². The van der Waals surface area contributed by atoms with E-state index in [0.29, 0.717) is 0 Å². The van der Waals surface area contributed by atoms with Gasteiger partial charge in [-0.1, -0.05) is 35.5 Å². The Morgan fingerprint density at radius 1 is 1.20 bits per heavy atom. The molecule has 0 amide bonds. The summed E-state index contributed by atoms with van der Waals surface area (Å²) < 4.78 is 0. The zero-order chi connectivity index (χ0) is 10.1. The molecule has 0 spiro atoms. The third kappa shape index (κ3) is 1.95. The van der Waals surface area contributed by atoms with Crippen molar-refractivity contribution in [2.24, 2.45) is 11.8 Å². The van der Waals surface area contributed by atoms with Crippen LogP contribution in [0.5, 0.6) is 0 Å². The Kier molecular flexibility index (Phi) is 2.52. The molecule has 1 fully saturated rings. The van der Waals surface area contributed by atoms with E-state index in [-0.39, 0.29) is 0 Å². The van der Waals surface area contributed by atoms with Crippen LogP contribution in [0.2, 0.25) is 0 Å². The summed E-state index contributed by atoms with van der Waals surface area (Å²) in [5.41, 5.74) is 3.46. The highest BCUT2D eigenvalue weighted by atomic mass is 14.4. The van der Waals surface area contributed by atoms with Gasteiger partial charge in [-0.2, -0.15) is 0 Å². The van der Waals surface area contributed by atoms with Gasteiger partial charge in [0.1, 0.15) is 0 Å². The topological polar surface area (TPSA) is 0 Å². The van der Waals surface area contributed by atoms with Gasteiger partial charge in [0, 0.05) is 0 Å². The SMILES string of the molecule is C1=CCCC(CCC2=CC3CCC2C3)=C1. The first-order chi connectivity index (χ1) is 7.42. The van der Waals surface area contributed by atoms with Crippen molar-refractivity contribution in [3.05, 3.63) is 35.5 Å². The van der Waals surface area contributed by atoms with E-state index in [4.69, 9.17) is 0 Å². The Morgan fingerprint density at radius 3 is 2.87 bits per heavy atom. The summed E-state index contributed by atoms with van der Waals surface area (Å²) >= 11 is 0. The number of rotatable bonds is 3. The van der Waals surface area contributed by atoms with E-state index < -0.39 is 0 Å². The summed E-state index contributed by atoms with van der Waals surface area (Å²) in [6.07, 6.45) is 19.1. The summed E-state index contributed by atoms with van der Waals surface area (Å²) in [7, 11) is 0. The highest BCUT2D eigenvalue weighted by Gasteiger charge is 2.31. The third-order valence-electron chi connectivity index (χ3n) is 4.28. The molecule has 80 valence electrons. The second kappa shape index (κ2) is 4.00. The minimum absolute atomic E-state index is 0.963. The quantitative estimate of drug-likeness (QED) is 0.592. The Bertz CT molecular complexity index is 330. The van der Waals surface area contributed by atoms with Gasteiger partial charge >= 0.3 is 0 Å². The standard InChI is InChI=1S/C15H20/c1-2-4-12(5-3-1)6-8-14-10-13-7-9-15(14)11-13/h1-2,4,10,13,15H,3,5-9,11H2. The van der Waals surface area contributed by atoms with Gasteiger partial charge < -0.3 is 0 Å². The first-order valence-electron chi connectivity index (χ1n) is 6.47. The average molecular weight is 200 g/mol. The van der Waals surface area contributed by atoms with Crippen LogP contribution in [0.4, 0.5) is 0 Å². The van der Waals surface area contributed by atoms with Crippen molar-refractivity contribution < 1.29 is 0 Å². The normalized spacial score (nSPS) is 33.1. The van der Waals surface area contributed by atoms with Gasteiger partial charge in [0.2, 0.25) is 0 Å². The van der Waals surface area contributed by atoms with E-state index in [0.717, 1.165) is 11.8 Å². The molecule has 3 aliphatic rings. The Balaban J connectivity index is 1.56. The van der Waals surface area contributed by atoms with Crippen molar-refractivity contribution in [1.82, 2.24) is 0 Å². The van der Waals surface area contributed by atoms with Gasteiger partial charge in [-0.3, -0.25) is 0 Å². The molecule has 0 nitrogen and oxygen atoms in total. The maximum absolute atomic E-state index is 2.59. The number of hydrogen-bond acceptors (Lipinski definition) is 0. The first kappa shape index (κ1) is 9.45. The second-order valence-corrected chi connectivity index (χ2v) is 5.30. The molecule has 0 heterocycles. The molecule has 0 saturated heterocycles. The van der Waals surface area contributed by atoms with Gasteiger partial charge in [0.15, 0.2) is 0 Å². The van der Waals surface area contributed by atoms with Crippen molar-refractivity contribution >= 4 is 0 Å². The van der Waals surface area contributed by atoms with E-state index in [1.807, 2.05) is 0 Å². The summed E-state index contributed by atoms with van der Waals surface area (Å²) in [4.78, 5) is 0. The molecule has 0 aromatic rings. The van der Waals surface area contributed by atoms with Crippen LogP contribution in [0, 0.1) is 11.8 Å². The molecule has 0 aromatic carbocycles. The average Bonchev–Trinajstić information content (AvgIpc) is 2.89. The number of hydrogen-bond donors (Lipinski definition) is 0. The summed E-state index contributed by atoms with van der Waals surface area (Å²) in [6, 6.07) is 0. The molecular formula is C15H20. The van der Waals surface area contributed by atoms with Crippen LogP contribution >= 0.6 is 0 Å². The molecule has 3 rings (SSSR count). The lowest BCUT2D eigenvalue weighted by molar-refractivity contribution is 0.621. The smallest absolute Gasteiger partial charge is 0.0197 e. The Morgan fingerprint density at radius 2 is 2.20 bits per heavy atom. The summed E-state index contributed by atoms with van der Waals surface area (Å²) in [6.45, 7) is 0. The molecule has 0 heteroatoms. The van der Waals surface area contributed by atoms with Crippen molar-refractivity contribution in [2.45, 2.75) is 44.9 Å². The van der Waals surface area contributed by atoms with Crippen LogP contribution in [0.3, 0.4) is 0 Å². The Hall–Kier alpha value is -0.780. The van der Waals surface area contributed by atoms with Crippen LogP contribution in [0.1, 0.15) is 44.9 Å². The molecule has 3 aliphatic carbocycles. The van der Waals surface area contributed by atoms with Gasteiger partial charge in [-0.05, 0) is 56.8 Å². The third-order valence-corrected chi connectivity index (χ3v) is 4.28. The van der Waals surface area contributed by atoms with E-state index in [2.05, 4.69) is 24.3 Å². The zero-order valence-electron chi connectivity index (χ0n) is 9.41. The van der Waals surface area contributed by atoms with Crippen molar-refractivity contribution in [3.63, 3.8) is 0 Å². The molecule has 2 atom stereocenters. The minimum Gasteiger partial charge on any atom is -0.0842 e. The van der Waals surface area contributed by atoms with E-state index >= 15 is 0 Å². The predicted octanol–water partition coefficient (Wildman–Crippen LogP) is 4.40. The minimum atomic E-state index is 0.963. The maximum Gasteiger partial charge on any atom is -0.0197 e. The van der Waals surface area contributed by atoms with Crippen molar-refractivity contribution in [2.75, 3.05) is 0 Å². The monoisotopic (exact) mass is 200 g/mol. The molecule has 0 aliphatic heterocycles. The fraction of sp³-hybridized carbons (Fsp3) is 0.600. The molecule has 0 radical (unpaired) electrons. The number of fused-ring (bicyclic) bond motifs is 2. The van der Waals surface area contributed by atoms with Gasteiger partial charge in [-0.25, -0.2) is 0 Å². The van der Waals surface area contributed by atoms with Crippen LogP contribution in [-0.4, -0.2) is 0 Å². The van der Waals surface area contributed by atoms with Crippen LogP contribution in [0.15, 0.2) is 35.5 Å². The van der Waals surface area contributed by atoms with Crippen LogP contribution < -0.4 is 0 Å². The predicted molar refractivity (Wildman–Crippen MR) is 64.6 cm³/mol. The molecule has 15 heavy (non-hydrogen) atoms. The molecule has 2 unspecified atom stereocenters. The van der Waals surface area contributed by atoms with Crippen molar-refractivity contribution in [3.8, 4) is 0 Å². The first-order valence-corrected chi connectivity index (χ1v) is 6.47. The summed E-state index contributed by atoms with van der Waals surface area (Å²) in [5, 5.41) is 0. The maximum atomic E-state index is 2.59. The van der Waals surface area contributed by atoms with Gasteiger partial charge in [0.05, 0.1) is 0 Å². The lowest BCUT2D eigenvalue weighted by atomic mass is 9.91. The number of allylic oxidation sites excluding steroid dienone is 6. The summed E-state index contributed by atoms with van der Waals surface area (Å²) in [5.74, 6) is 1.94. The second-order valence-electron chi connectivity index (χ2n) is 5.30. The lowest BCUT2D eigenvalue weighted by Crippen LogP contribution is -1.98. The Labute approximate surface area is 92.8 Å². The van der Waals surface area contributed by atoms with E-state index in [1.165, 1.54) is 44.9 Å². The molecular weight excluding hydrogens is 180 g/mol. The molecule has 0 N–H and O–H groups in total. The van der Waals surface area contributed by atoms with E-state index in [1.54, 1.807) is 11.1 Å². The largest absolute Gasteiger partial charge is 0.0842 e. The van der Waals surface area contributed by atoms with Gasteiger partial charge in [-0.15, -0.1) is 0 Å². The van der Waals surface area contributed by atoms with Crippen LogP contribution in [0.25, 0.3) is 0 Å². The highest BCUT2D eigenvalue weighted by molar-refractivity contribution is 5.23. The fourth-order valence-corrected chi connectivity index (χ4v) is 3.40. The molecule has 0 aromatic heterocycles. The van der Waals surface area contributed by atoms with Crippen molar-refractivity contribution in [1.29, 1.82) is 0 Å². The molecule has 1 saturated carbocycles. The van der Waals surface area contributed by atoms with E-state index in [9.17, 15) is 0 Å².